The molecule has 10 nitrogen and oxygen atoms in total. The maximum absolute atomic E-state index is 13.5. The van der Waals surface area contributed by atoms with Gasteiger partial charge in [-0.1, -0.05) is 30.3 Å². The summed E-state index contributed by atoms with van der Waals surface area (Å²) < 4.78 is 28.1. The van der Waals surface area contributed by atoms with Crippen molar-refractivity contribution in [3.63, 3.8) is 0 Å². The highest BCUT2D eigenvalue weighted by molar-refractivity contribution is 7.89. The number of carbonyl (C=O) groups is 2. The van der Waals surface area contributed by atoms with Crippen LogP contribution in [0.3, 0.4) is 0 Å². The SMILES string of the molecule is C[C@@H]1CN(S(=O)(=O)c2ccc(N3CCC(N(C)C)CC3)nc2)CC(=O)N1c1cc(-c2ccccc2)sc1C(=O)O. The zero-order chi connectivity index (χ0) is 28.6. The van der Waals surface area contributed by atoms with Crippen LogP contribution in [0.25, 0.3) is 10.4 Å². The number of thiophene rings is 1. The average Bonchev–Trinajstić information content (AvgIpc) is 3.39. The maximum atomic E-state index is 13.5. The van der Waals surface area contributed by atoms with Crippen LogP contribution in [0.5, 0.6) is 0 Å². The highest BCUT2D eigenvalue weighted by Gasteiger charge is 2.39. The fraction of sp³-hybridized carbons (Fsp3) is 0.393. The number of rotatable bonds is 7. The van der Waals surface area contributed by atoms with E-state index < -0.39 is 27.9 Å². The Morgan fingerprint density at radius 2 is 1.80 bits per heavy atom. The molecular formula is C28H33N5O5S2. The number of sulfonamides is 1. The van der Waals surface area contributed by atoms with Crippen molar-refractivity contribution in [2.45, 2.75) is 36.7 Å². The number of benzene rings is 1. The van der Waals surface area contributed by atoms with Crippen molar-refractivity contribution >= 4 is 44.7 Å². The van der Waals surface area contributed by atoms with Gasteiger partial charge >= 0.3 is 5.97 Å². The summed E-state index contributed by atoms with van der Waals surface area (Å²) in [7, 11) is 0.180. The first-order valence-electron chi connectivity index (χ1n) is 13.2. The third kappa shape index (κ3) is 5.49. The Bertz CT molecular complexity index is 1480. The number of carbonyl (C=O) groups excluding carboxylic acids is 1. The van der Waals surface area contributed by atoms with Gasteiger partial charge in [0.15, 0.2) is 0 Å². The van der Waals surface area contributed by atoms with Crippen LogP contribution in [0.4, 0.5) is 11.5 Å². The molecule has 212 valence electrons. The Morgan fingerprint density at radius 1 is 1.10 bits per heavy atom. The third-order valence-corrected chi connectivity index (χ3v) is 10.5. The van der Waals surface area contributed by atoms with E-state index >= 15 is 0 Å². The van der Waals surface area contributed by atoms with Crippen molar-refractivity contribution in [2.75, 3.05) is 50.1 Å². The molecule has 5 rings (SSSR count). The normalized spacial score (nSPS) is 19.4. The number of hydrogen-bond acceptors (Lipinski definition) is 8. The lowest BCUT2D eigenvalue weighted by molar-refractivity contribution is -0.120. The molecule has 2 aliphatic heterocycles. The van der Waals surface area contributed by atoms with Gasteiger partial charge in [0.05, 0.1) is 12.2 Å². The van der Waals surface area contributed by atoms with Gasteiger partial charge in [-0.05, 0) is 57.6 Å². The van der Waals surface area contributed by atoms with E-state index in [0.717, 1.165) is 57.8 Å². The van der Waals surface area contributed by atoms with Gasteiger partial charge in [-0.25, -0.2) is 18.2 Å². The molecule has 0 radical (unpaired) electrons. The molecule has 1 aromatic carbocycles. The summed E-state index contributed by atoms with van der Waals surface area (Å²) in [6, 6.07) is 14.3. The topological polar surface area (TPSA) is 114 Å². The minimum absolute atomic E-state index is 0.0287. The second-order valence-corrected chi connectivity index (χ2v) is 13.4. The molecule has 2 saturated heterocycles. The van der Waals surface area contributed by atoms with Crippen LogP contribution in [-0.2, 0) is 14.8 Å². The molecule has 1 atom stereocenters. The Kier molecular flexibility index (Phi) is 7.96. The molecule has 3 aromatic rings. The van der Waals surface area contributed by atoms with Gasteiger partial charge < -0.3 is 19.8 Å². The first-order valence-corrected chi connectivity index (χ1v) is 15.4. The molecule has 0 spiro atoms. The van der Waals surface area contributed by atoms with E-state index in [1.165, 1.54) is 11.1 Å². The van der Waals surface area contributed by atoms with E-state index in [2.05, 4.69) is 28.9 Å². The number of aromatic nitrogens is 1. The summed E-state index contributed by atoms with van der Waals surface area (Å²) in [5.41, 5.74) is 1.13. The van der Waals surface area contributed by atoms with E-state index in [4.69, 9.17) is 0 Å². The van der Waals surface area contributed by atoms with Gasteiger partial charge in [0, 0.05) is 42.8 Å². The van der Waals surface area contributed by atoms with E-state index in [1.807, 2.05) is 30.3 Å². The van der Waals surface area contributed by atoms with Gasteiger partial charge in [-0.15, -0.1) is 11.3 Å². The van der Waals surface area contributed by atoms with Crippen LogP contribution >= 0.6 is 11.3 Å². The molecule has 1 amide bonds. The number of nitrogens with zero attached hydrogens (tertiary/aromatic N) is 5. The molecule has 12 heteroatoms. The molecular weight excluding hydrogens is 550 g/mol. The van der Waals surface area contributed by atoms with Crippen LogP contribution in [0.2, 0.25) is 0 Å². The number of carboxylic acid groups (broad SMARTS) is 1. The van der Waals surface area contributed by atoms with Crippen molar-refractivity contribution in [1.29, 1.82) is 0 Å². The van der Waals surface area contributed by atoms with Gasteiger partial charge in [0.1, 0.15) is 15.6 Å². The number of pyridine rings is 1. The number of carboxylic acids is 1. The highest BCUT2D eigenvalue weighted by atomic mass is 32.2. The largest absolute Gasteiger partial charge is 0.477 e. The van der Waals surface area contributed by atoms with Crippen molar-refractivity contribution in [2.24, 2.45) is 0 Å². The first-order chi connectivity index (χ1) is 19.1. The van der Waals surface area contributed by atoms with Crippen molar-refractivity contribution in [1.82, 2.24) is 14.2 Å². The number of anilines is 2. The monoisotopic (exact) mass is 583 g/mol. The smallest absolute Gasteiger partial charge is 0.348 e. The number of piperidine rings is 1. The summed E-state index contributed by atoms with van der Waals surface area (Å²) in [6.07, 6.45) is 3.39. The minimum Gasteiger partial charge on any atom is -0.477 e. The van der Waals surface area contributed by atoms with Gasteiger partial charge in [-0.3, -0.25) is 4.79 Å². The lowest BCUT2D eigenvalue weighted by Gasteiger charge is -2.38. The number of hydrogen-bond donors (Lipinski definition) is 1. The Labute approximate surface area is 238 Å². The lowest BCUT2D eigenvalue weighted by Crippen LogP contribution is -2.57. The minimum atomic E-state index is -3.98. The van der Waals surface area contributed by atoms with Crippen LogP contribution in [0.15, 0.2) is 59.6 Å². The highest BCUT2D eigenvalue weighted by Crippen LogP contribution is 2.39. The molecule has 2 aliphatic rings. The van der Waals surface area contributed by atoms with Gasteiger partial charge in [0.25, 0.3) is 0 Å². The van der Waals surface area contributed by atoms with Crippen LogP contribution in [0.1, 0.15) is 29.4 Å². The summed E-state index contributed by atoms with van der Waals surface area (Å²) in [4.78, 5) is 36.5. The predicted molar refractivity (Wildman–Crippen MR) is 156 cm³/mol. The fourth-order valence-corrected chi connectivity index (χ4v) is 7.81. The van der Waals surface area contributed by atoms with E-state index in [-0.39, 0.29) is 28.5 Å². The molecule has 2 aromatic heterocycles. The van der Waals surface area contributed by atoms with Crippen molar-refractivity contribution in [3.05, 3.63) is 59.6 Å². The summed E-state index contributed by atoms with van der Waals surface area (Å²) in [5, 5.41) is 9.87. The quantitative estimate of drug-likeness (QED) is 0.450. The molecule has 0 aliphatic carbocycles. The molecule has 0 unspecified atom stereocenters. The second kappa shape index (κ2) is 11.3. The van der Waals surface area contributed by atoms with E-state index in [0.29, 0.717) is 6.04 Å². The zero-order valence-electron chi connectivity index (χ0n) is 22.7. The number of amides is 1. The molecule has 2 fully saturated rings. The molecule has 40 heavy (non-hydrogen) atoms. The predicted octanol–water partition coefficient (Wildman–Crippen LogP) is 3.46. The molecule has 0 bridgehead atoms. The standard InChI is InChI=1S/C28H33N5O5S2/c1-19-17-32(40(37,38)22-9-10-25(29-16-22)31-13-11-21(12-14-31)30(2)3)18-26(34)33(19)23-15-24(39-27(23)28(35)36)20-7-5-4-6-8-20/h4-10,15-16,19,21H,11-14,17-18H2,1-3H3,(H,35,36)/t19-/m1/s1. The Morgan fingerprint density at radius 3 is 2.38 bits per heavy atom. The van der Waals surface area contributed by atoms with Crippen molar-refractivity contribution in [3.8, 4) is 10.4 Å². The average molecular weight is 584 g/mol. The summed E-state index contributed by atoms with van der Waals surface area (Å²) >= 11 is 1.10. The molecule has 4 heterocycles. The number of piperazine rings is 1. The maximum Gasteiger partial charge on any atom is 0.348 e. The van der Waals surface area contributed by atoms with Crippen LogP contribution in [0, 0.1) is 0 Å². The zero-order valence-corrected chi connectivity index (χ0v) is 24.4. The van der Waals surface area contributed by atoms with Crippen LogP contribution < -0.4 is 9.80 Å². The van der Waals surface area contributed by atoms with E-state index in [1.54, 1.807) is 25.1 Å². The van der Waals surface area contributed by atoms with Crippen molar-refractivity contribution < 1.29 is 23.1 Å². The molecule has 1 N–H and O–H groups in total. The second-order valence-electron chi connectivity index (χ2n) is 10.4. The summed E-state index contributed by atoms with van der Waals surface area (Å²) in [6.45, 7) is 3.07. The molecule has 0 saturated carbocycles. The Hall–Kier alpha value is -3.32. The van der Waals surface area contributed by atoms with E-state index in [9.17, 15) is 23.1 Å². The number of aromatic carboxylic acids is 1. The van der Waals surface area contributed by atoms with Gasteiger partial charge in [0.2, 0.25) is 15.9 Å². The Balaban J connectivity index is 1.33. The van der Waals surface area contributed by atoms with Crippen LogP contribution in [-0.4, -0.2) is 91.9 Å². The lowest BCUT2D eigenvalue weighted by atomic mass is 10.0. The summed E-state index contributed by atoms with van der Waals surface area (Å²) in [5.74, 6) is -0.872. The van der Waals surface area contributed by atoms with Gasteiger partial charge in [-0.2, -0.15) is 4.31 Å². The fourth-order valence-electron chi connectivity index (χ4n) is 5.40. The third-order valence-electron chi connectivity index (χ3n) is 7.59. The first kappa shape index (κ1) is 28.2.